The number of rotatable bonds is 6. The Morgan fingerprint density at radius 2 is 1.12 bits per heavy atom. The van der Waals surface area contributed by atoms with Crippen LogP contribution in [-0.2, 0) is 0 Å². The summed E-state index contributed by atoms with van der Waals surface area (Å²) in [5.41, 5.74) is 0.573. The van der Waals surface area contributed by atoms with Crippen LogP contribution in [0.1, 0.15) is 10.4 Å². The summed E-state index contributed by atoms with van der Waals surface area (Å²) in [6, 6.07) is 27.6. The lowest BCUT2D eigenvalue weighted by molar-refractivity contribution is -0.0872. The molecule has 3 aromatic carbocycles. The van der Waals surface area contributed by atoms with Gasteiger partial charge in [0.1, 0.15) is 11.5 Å². The van der Waals surface area contributed by atoms with Crippen molar-refractivity contribution in [3.63, 3.8) is 0 Å². The molecule has 0 fully saturated rings. The van der Waals surface area contributed by atoms with E-state index >= 15 is 0 Å². The summed E-state index contributed by atoms with van der Waals surface area (Å²) >= 11 is 0. The zero-order valence-electron chi connectivity index (χ0n) is 13.9. The van der Waals surface area contributed by atoms with Gasteiger partial charge in [0, 0.05) is 12.6 Å². The predicted octanol–water partition coefficient (Wildman–Crippen LogP) is 4.20. The van der Waals surface area contributed by atoms with Gasteiger partial charge in [-0.3, -0.25) is 9.69 Å². The lowest BCUT2D eigenvalue weighted by atomic mass is 10.2. The molecule has 0 aromatic heterocycles. The number of para-hydroxylation sites is 2. The minimum Gasteiger partial charge on any atom is -0.437 e. The molecule has 0 unspecified atom stereocenters. The minimum atomic E-state index is -0.891. The summed E-state index contributed by atoms with van der Waals surface area (Å²) in [6.45, 7) is 0. The van der Waals surface area contributed by atoms with E-state index in [2.05, 4.69) is 0 Å². The number of hydrogen-bond donors (Lipinski definition) is 0. The van der Waals surface area contributed by atoms with Crippen LogP contribution in [0, 0.1) is 0 Å². The molecule has 4 nitrogen and oxygen atoms in total. The molecule has 0 aliphatic rings. The Bertz CT molecular complexity index is 750. The van der Waals surface area contributed by atoms with Gasteiger partial charge in [-0.2, -0.15) is 0 Å². The molecule has 0 saturated carbocycles. The molecule has 0 heterocycles. The SMILES string of the molecule is CN(C(=O)c1ccccc1)C(Oc1ccccc1)Oc1ccccc1. The topological polar surface area (TPSA) is 38.8 Å². The fourth-order valence-corrected chi connectivity index (χ4v) is 2.29. The van der Waals surface area contributed by atoms with E-state index < -0.39 is 6.41 Å². The van der Waals surface area contributed by atoms with Crippen molar-refractivity contribution in [2.24, 2.45) is 0 Å². The van der Waals surface area contributed by atoms with E-state index in [4.69, 9.17) is 9.47 Å². The summed E-state index contributed by atoms with van der Waals surface area (Å²) < 4.78 is 11.8. The van der Waals surface area contributed by atoms with E-state index in [-0.39, 0.29) is 5.91 Å². The first-order valence-corrected chi connectivity index (χ1v) is 7.99. The van der Waals surface area contributed by atoms with Crippen molar-refractivity contribution < 1.29 is 14.3 Å². The van der Waals surface area contributed by atoms with Gasteiger partial charge < -0.3 is 9.47 Å². The van der Waals surface area contributed by atoms with Crippen molar-refractivity contribution in [2.75, 3.05) is 7.05 Å². The predicted molar refractivity (Wildman–Crippen MR) is 96.5 cm³/mol. The Morgan fingerprint density at radius 1 is 0.720 bits per heavy atom. The molecule has 25 heavy (non-hydrogen) atoms. The summed E-state index contributed by atoms with van der Waals surface area (Å²) in [4.78, 5) is 14.2. The van der Waals surface area contributed by atoms with Crippen molar-refractivity contribution >= 4 is 5.91 Å². The zero-order valence-corrected chi connectivity index (χ0v) is 13.9. The van der Waals surface area contributed by atoms with Crippen LogP contribution in [0.5, 0.6) is 11.5 Å². The quantitative estimate of drug-likeness (QED) is 0.635. The monoisotopic (exact) mass is 333 g/mol. The molecule has 1 amide bonds. The molecular formula is C21H19NO3. The van der Waals surface area contributed by atoms with Crippen LogP contribution in [-0.4, -0.2) is 24.3 Å². The van der Waals surface area contributed by atoms with Crippen molar-refractivity contribution in [3.8, 4) is 11.5 Å². The van der Waals surface area contributed by atoms with Crippen molar-refractivity contribution in [1.82, 2.24) is 4.90 Å². The Hall–Kier alpha value is -3.27. The van der Waals surface area contributed by atoms with Gasteiger partial charge in [0.25, 0.3) is 5.91 Å². The average Bonchev–Trinajstić information content (AvgIpc) is 2.68. The van der Waals surface area contributed by atoms with Crippen LogP contribution in [0.25, 0.3) is 0 Å². The standard InChI is InChI=1S/C21H19NO3/c1-22(20(23)17-11-5-2-6-12-17)21(24-18-13-7-3-8-14-18)25-19-15-9-4-10-16-19/h2-16,21H,1H3. The summed E-state index contributed by atoms with van der Waals surface area (Å²) in [7, 11) is 1.66. The van der Waals surface area contributed by atoms with Crippen molar-refractivity contribution in [1.29, 1.82) is 0 Å². The Labute approximate surface area is 147 Å². The number of nitrogens with zero attached hydrogens (tertiary/aromatic N) is 1. The maximum absolute atomic E-state index is 12.7. The van der Waals surface area contributed by atoms with Crippen molar-refractivity contribution in [3.05, 3.63) is 96.6 Å². The van der Waals surface area contributed by atoms with E-state index in [1.807, 2.05) is 78.9 Å². The highest BCUT2D eigenvalue weighted by molar-refractivity contribution is 5.94. The van der Waals surface area contributed by atoms with Gasteiger partial charge >= 0.3 is 6.41 Å². The second-order valence-electron chi connectivity index (χ2n) is 5.45. The van der Waals surface area contributed by atoms with Gasteiger partial charge in [0.05, 0.1) is 0 Å². The zero-order chi connectivity index (χ0) is 17.5. The number of hydrogen-bond acceptors (Lipinski definition) is 3. The first-order valence-electron chi connectivity index (χ1n) is 7.99. The molecule has 3 aromatic rings. The van der Waals surface area contributed by atoms with Gasteiger partial charge in [-0.25, -0.2) is 0 Å². The lowest BCUT2D eigenvalue weighted by Gasteiger charge is -2.28. The maximum Gasteiger partial charge on any atom is 0.329 e. The van der Waals surface area contributed by atoms with Crippen LogP contribution < -0.4 is 9.47 Å². The first-order chi connectivity index (χ1) is 12.2. The molecule has 3 rings (SSSR count). The molecule has 0 aliphatic carbocycles. The van der Waals surface area contributed by atoms with Crippen molar-refractivity contribution in [2.45, 2.75) is 6.41 Å². The highest BCUT2D eigenvalue weighted by Gasteiger charge is 2.24. The molecule has 126 valence electrons. The summed E-state index contributed by atoms with van der Waals surface area (Å²) in [6.07, 6.45) is -0.891. The fraction of sp³-hybridized carbons (Fsp3) is 0.0952. The summed E-state index contributed by atoms with van der Waals surface area (Å²) in [5.74, 6) is 1.06. The van der Waals surface area contributed by atoms with E-state index in [9.17, 15) is 4.79 Å². The number of amides is 1. The molecule has 0 saturated heterocycles. The molecule has 0 bridgehead atoms. The normalized spacial score (nSPS) is 10.3. The number of carbonyl (C=O) groups excluding carboxylic acids is 1. The third-order valence-corrected chi connectivity index (χ3v) is 3.62. The third kappa shape index (κ3) is 4.38. The maximum atomic E-state index is 12.7. The highest BCUT2D eigenvalue weighted by Crippen LogP contribution is 2.18. The number of carbonyl (C=O) groups is 1. The number of ether oxygens (including phenoxy) is 2. The van der Waals surface area contributed by atoms with Crippen LogP contribution in [0.3, 0.4) is 0 Å². The lowest BCUT2D eigenvalue weighted by Crippen LogP contribution is -2.44. The Kier molecular flexibility index (Phi) is 5.32. The number of benzene rings is 3. The largest absolute Gasteiger partial charge is 0.437 e. The third-order valence-electron chi connectivity index (χ3n) is 3.62. The molecule has 0 radical (unpaired) electrons. The van der Waals surface area contributed by atoms with Crippen LogP contribution in [0.4, 0.5) is 0 Å². The first kappa shape index (κ1) is 16.6. The molecule has 0 aliphatic heterocycles. The van der Waals surface area contributed by atoms with Gasteiger partial charge in [-0.15, -0.1) is 0 Å². The van der Waals surface area contributed by atoms with Gasteiger partial charge in [-0.05, 0) is 36.4 Å². The second-order valence-corrected chi connectivity index (χ2v) is 5.45. The van der Waals surface area contributed by atoms with E-state index in [0.717, 1.165) is 0 Å². The van der Waals surface area contributed by atoms with Crippen LogP contribution in [0.15, 0.2) is 91.0 Å². The van der Waals surface area contributed by atoms with Crippen LogP contribution in [0.2, 0.25) is 0 Å². The van der Waals surface area contributed by atoms with Gasteiger partial charge in [0.2, 0.25) is 0 Å². The molecular weight excluding hydrogens is 314 g/mol. The minimum absolute atomic E-state index is 0.183. The van der Waals surface area contributed by atoms with E-state index in [0.29, 0.717) is 17.1 Å². The molecule has 0 spiro atoms. The van der Waals surface area contributed by atoms with Gasteiger partial charge in [-0.1, -0.05) is 54.6 Å². The molecule has 0 N–H and O–H groups in total. The summed E-state index contributed by atoms with van der Waals surface area (Å²) in [5, 5.41) is 0. The van der Waals surface area contributed by atoms with Gasteiger partial charge in [0.15, 0.2) is 0 Å². The fourth-order valence-electron chi connectivity index (χ4n) is 2.29. The second kappa shape index (κ2) is 8.02. The molecule has 0 atom stereocenters. The van der Waals surface area contributed by atoms with Crippen LogP contribution >= 0.6 is 0 Å². The Balaban J connectivity index is 1.83. The Morgan fingerprint density at radius 3 is 1.56 bits per heavy atom. The smallest absolute Gasteiger partial charge is 0.329 e. The molecule has 4 heteroatoms. The average molecular weight is 333 g/mol. The highest BCUT2D eigenvalue weighted by atomic mass is 16.7. The van der Waals surface area contributed by atoms with E-state index in [1.165, 1.54) is 4.90 Å². The van der Waals surface area contributed by atoms with E-state index in [1.54, 1.807) is 19.2 Å².